The number of rotatable bonds is 0. The van der Waals surface area contributed by atoms with Crippen molar-refractivity contribution in [2.75, 3.05) is 0 Å². The van der Waals surface area contributed by atoms with E-state index in [2.05, 4.69) is 0 Å². The van der Waals surface area contributed by atoms with E-state index in [-0.39, 0.29) is 114 Å². The van der Waals surface area contributed by atoms with Gasteiger partial charge < -0.3 is 0 Å². The molecule has 0 aromatic rings. The molecule has 0 atom stereocenters. The van der Waals surface area contributed by atoms with Crippen molar-refractivity contribution in [2.45, 2.75) is 0 Å². The molecule has 0 aliphatic rings. The zero-order valence-corrected chi connectivity index (χ0v) is 15.6. The Morgan fingerprint density at radius 2 is 1.00 bits per heavy atom. The molecule has 0 fully saturated rings. The van der Waals surface area contributed by atoms with E-state index >= 15 is 0 Å². The molecule has 0 nitrogen and oxygen atoms in total. The molecule has 5 heteroatoms. The summed E-state index contributed by atoms with van der Waals surface area (Å²) in [6.07, 6.45) is 0. The summed E-state index contributed by atoms with van der Waals surface area (Å²) in [6, 6.07) is 0. The van der Waals surface area contributed by atoms with Crippen LogP contribution in [0.25, 0.3) is 0 Å². The van der Waals surface area contributed by atoms with Crippen molar-refractivity contribution >= 4 is 51.7 Å². The van der Waals surface area contributed by atoms with Crippen LogP contribution >= 0.6 is 0 Å². The third kappa shape index (κ3) is 18.2. The Labute approximate surface area is 112 Å². The minimum Gasteiger partial charge on any atom is 0 e. The van der Waals surface area contributed by atoms with Crippen molar-refractivity contribution in [1.29, 1.82) is 0 Å². The fourth-order valence-electron chi connectivity index (χ4n) is 0. The van der Waals surface area contributed by atoms with Gasteiger partial charge in [-0.2, -0.15) is 0 Å². The quantitative estimate of drug-likeness (QED) is 0.355. The predicted molar refractivity (Wildman–Crippen MR) is 11.5 cm³/mol. The first-order valence-corrected chi connectivity index (χ1v) is 0. The predicted octanol–water partition coefficient (Wildman–Crippen LogP) is -0.769. The number of hydrogen-bond donors (Lipinski definition) is 0. The molecule has 0 aromatic heterocycles. The second-order valence-corrected chi connectivity index (χ2v) is 0. The van der Waals surface area contributed by atoms with Gasteiger partial charge in [0.1, 0.15) is 0 Å². The summed E-state index contributed by atoms with van der Waals surface area (Å²) in [5.41, 5.74) is 0. The fraction of sp³-hybridized carbons (Fsp3) is 0. The van der Waals surface area contributed by atoms with Gasteiger partial charge in [-0.25, -0.2) is 0 Å². The molecule has 0 N–H and O–H groups in total. The Hall–Kier alpha value is 3.77. The molecule has 0 saturated carbocycles. The average Bonchev–Trinajstić information content (AvgIpc) is 0. The van der Waals surface area contributed by atoms with Gasteiger partial charge in [-0.3, -0.25) is 0 Å². The molecule has 0 aliphatic heterocycles. The van der Waals surface area contributed by atoms with Crippen LogP contribution in [-0.2, 0) is 62.8 Å². The normalized spacial score (nSPS) is 0. The Bertz CT molecular complexity index is 11.6. The van der Waals surface area contributed by atoms with Crippen LogP contribution < -0.4 is 0 Å². The van der Waals surface area contributed by atoms with Gasteiger partial charge >= 0.3 is 0 Å². The zero-order chi connectivity index (χ0) is 0. The van der Waals surface area contributed by atoms with Crippen LogP contribution in [0.1, 0.15) is 0 Å². The largest absolute Gasteiger partial charge is 0 e. The van der Waals surface area contributed by atoms with Gasteiger partial charge in [0.2, 0.25) is 0 Å². The molecule has 22 valence electrons. The topological polar surface area (TPSA) is 0 Å². The van der Waals surface area contributed by atoms with E-state index in [0.717, 1.165) is 0 Å². The third-order valence-corrected chi connectivity index (χ3v) is 0. The van der Waals surface area contributed by atoms with Gasteiger partial charge in [-0.15, -0.1) is 0 Å². The van der Waals surface area contributed by atoms with Crippen molar-refractivity contribution in [3.63, 3.8) is 0 Å². The maximum atomic E-state index is 0. The molecule has 0 bridgehead atoms. The molecule has 0 unspecified atom stereocenters. The molecule has 0 aliphatic carbocycles. The Balaban J connectivity index is 0. The van der Waals surface area contributed by atoms with E-state index in [9.17, 15) is 0 Å². The average molecular weight is 541 g/mol. The summed E-state index contributed by atoms with van der Waals surface area (Å²) in [5.74, 6) is 0. The van der Waals surface area contributed by atoms with E-state index in [4.69, 9.17) is 0 Å². The van der Waals surface area contributed by atoms with Crippen LogP contribution in [0, 0.1) is 0 Å². The summed E-state index contributed by atoms with van der Waals surface area (Å²) < 4.78 is 0. The molecule has 0 saturated heterocycles. The van der Waals surface area contributed by atoms with Crippen molar-refractivity contribution in [3.05, 3.63) is 0 Å². The van der Waals surface area contributed by atoms with Crippen LogP contribution in [0.3, 0.4) is 0 Å². The van der Waals surface area contributed by atoms with E-state index in [1.165, 1.54) is 0 Å². The summed E-state index contributed by atoms with van der Waals surface area (Å²) in [4.78, 5) is 0. The van der Waals surface area contributed by atoms with Crippen molar-refractivity contribution < 1.29 is 62.8 Å². The van der Waals surface area contributed by atoms with Crippen molar-refractivity contribution in [3.8, 4) is 0 Å². The van der Waals surface area contributed by atoms with Gasteiger partial charge in [0.05, 0.1) is 0 Å². The van der Waals surface area contributed by atoms with Gasteiger partial charge in [-0.05, 0) is 0 Å². The minimum atomic E-state index is 0. The van der Waals surface area contributed by atoms with Gasteiger partial charge in [0, 0.05) is 114 Å². The van der Waals surface area contributed by atoms with Gasteiger partial charge in [0.25, 0.3) is 0 Å². The Morgan fingerprint density at radius 1 is 1.00 bits per heavy atom. The van der Waals surface area contributed by atoms with Crippen LogP contribution in [0.2, 0.25) is 0 Å². The molecule has 0 rings (SSSR count). The van der Waals surface area contributed by atoms with Crippen LogP contribution in [0.5, 0.6) is 0 Å². The third-order valence-electron chi connectivity index (χ3n) is 0. The first kappa shape index (κ1) is 37.3. The molecule has 0 spiro atoms. The summed E-state index contributed by atoms with van der Waals surface area (Å²) in [6.45, 7) is 0. The van der Waals surface area contributed by atoms with Crippen molar-refractivity contribution in [2.24, 2.45) is 0 Å². The summed E-state index contributed by atoms with van der Waals surface area (Å²) in [5, 5.41) is 0. The molecule has 0 heterocycles. The number of hydrogen-bond acceptors (Lipinski definition) is 0. The second-order valence-electron chi connectivity index (χ2n) is 0. The van der Waals surface area contributed by atoms with E-state index in [1.54, 1.807) is 0 Å². The standard InChI is InChI=1S/Mn.Pb.Sb.Zn.Zr. The summed E-state index contributed by atoms with van der Waals surface area (Å²) in [7, 11) is 0. The molecular formula is MnPbSbZnZr. The van der Waals surface area contributed by atoms with Gasteiger partial charge in [0.15, 0.2) is 0 Å². The van der Waals surface area contributed by atoms with Gasteiger partial charge in [-0.1, -0.05) is 0 Å². The molecular weight excluding hydrogens is 541 g/mol. The molecule has 5 heavy (non-hydrogen) atoms. The first-order chi connectivity index (χ1) is 0. The Kier molecular flexibility index (Phi) is 187. The molecule has 8 radical (unpaired) electrons. The monoisotopic (exact) mass is 538 g/mol. The van der Waals surface area contributed by atoms with Crippen LogP contribution in [0.4, 0.5) is 0 Å². The van der Waals surface area contributed by atoms with Crippen LogP contribution in [0.15, 0.2) is 0 Å². The minimum absolute atomic E-state index is 0. The van der Waals surface area contributed by atoms with E-state index < -0.39 is 0 Å². The maximum absolute atomic E-state index is 0. The van der Waals surface area contributed by atoms with E-state index in [1.807, 2.05) is 0 Å². The Morgan fingerprint density at radius 3 is 1.00 bits per heavy atom. The summed E-state index contributed by atoms with van der Waals surface area (Å²) >= 11 is 0. The van der Waals surface area contributed by atoms with Crippen LogP contribution in [-0.4, -0.2) is 51.7 Å². The van der Waals surface area contributed by atoms with E-state index in [0.29, 0.717) is 0 Å². The fourth-order valence-corrected chi connectivity index (χ4v) is 0. The smallest absolute Gasteiger partial charge is 0 e. The first-order valence-electron chi connectivity index (χ1n) is 0. The molecule has 0 amide bonds. The molecule has 0 aromatic carbocycles. The second kappa shape index (κ2) is 25.1. The van der Waals surface area contributed by atoms with Crippen molar-refractivity contribution in [1.82, 2.24) is 0 Å². The SMILES string of the molecule is [Mn].[Pb].[Sb].[Zn].[Zr]. The maximum Gasteiger partial charge on any atom is 0 e. The zero-order valence-electron chi connectivity index (χ0n) is 2.53.